The lowest BCUT2D eigenvalue weighted by Crippen LogP contribution is -2.61. The van der Waals surface area contributed by atoms with Crippen LogP contribution >= 0.6 is 0 Å². The zero-order valence-electron chi connectivity index (χ0n) is 16.8. The largest absolute Gasteiger partial charge is 0.479 e. The highest BCUT2D eigenvalue weighted by atomic mass is 19.1. The third kappa shape index (κ3) is 2.86. The molecule has 30 heavy (non-hydrogen) atoms. The normalized spacial score (nSPS) is 23.5. The van der Waals surface area contributed by atoms with E-state index < -0.39 is 28.9 Å². The SMILES string of the molecule is C=C1[C@@H]2CN(c3nc(C)c(F)c(OC)n3)C[C@]2(c2cc(F)ccc2F)NC(=N)N1C. The third-order valence-electron chi connectivity index (χ3n) is 5.81. The fourth-order valence-corrected chi connectivity index (χ4v) is 4.17. The topological polar surface area (TPSA) is 77.4 Å². The molecule has 10 heteroatoms. The molecule has 1 aromatic heterocycles. The highest BCUT2D eigenvalue weighted by Crippen LogP contribution is 2.45. The summed E-state index contributed by atoms with van der Waals surface area (Å²) in [6.45, 7) is 5.99. The molecule has 0 saturated carbocycles. The van der Waals surface area contributed by atoms with Crippen LogP contribution in [-0.2, 0) is 5.54 Å². The Labute approximate surface area is 171 Å². The summed E-state index contributed by atoms with van der Waals surface area (Å²) in [5.74, 6) is -2.27. The molecule has 0 aliphatic carbocycles. The van der Waals surface area contributed by atoms with Gasteiger partial charge in [0.1, 0.15) is 11.6 Å². The van der Waals surface area contributed by atoms with Crippen LogP contribution in [0, 0.1) is 35.7 Å². The smallest absolute Gasteiger partial charge is 0.255 e. The van der Waals surface area contributed by atoms with Crippen molar-refractivity contribution in [1.82, 2.24) is 20.2 Å². The number of methoxy groups -OCH3 is 1. The molecule has 4 rings (SSSR count). The fourth-order valence-electron chi connectivity index (χ4n) is 4.17. The predicted octanol–water partition coefficient (Wildman–Crippen LogP) is 2.53. The van der Waals surface area contributed by atoms with E-state index in [2.05, 4.69) is 21.9 Å². The summed E-state index contributed by atoms with van der Waals surface area (Å²) >= 11 is 0. The van der Waals surface area contributed by atoms with Crippen LogP contribution in [0.5, 0.6) is 5.88 Å². The van der Waals surface area contributed by atoms with Gasteiger partial charge in [-0.25, -0.2) is 13.8 Å². The van der Waals surface area contributed by atoms with Gasteiger partial charge in [-0.05, 0) is 25.1 Å². The second-order valence-corrected chi connectivity index (χ2v) is 7.48. The Morgan fingerprint density at radius 2 is 2.03 bits per heavy atom. The minimum absolute atomic E-state index is 0.00977. The zero-order valence-corrected chi connectivity index (χ0v) is 16.8. The van der Waals surface area contributed by atoms with Crippen molar-refractivity contribution in [3.63, 3.8) is 0 Å². The molecule has 2 aromatic rings. The summed E-state index contributed by atoms with van der Waals surface area (Å²) < 4.78 is 48.1. The first-order chi connectivity index (χ1) is 14.2. The molecular formula is C20H21F3N6O. The number of nitrogens with zero attached hydrogens (tertiary/aromatic N) is 4. The summed E-state index contributed by atoms with van der Waals surface area (Å²) in [4.78, 5) is 11.6. The number of anilines is 1. The number of fused-ring (bicyclic) bond motifs is 1. The number of halogens is 3. The van der Waals surface area contributed by atoms with Crippen molar-refractivity contribution in [2.75, 3.05) is 32.1 Å². The van der Waals surface area contributed by atoms with Gasteiger partial charge in [0, 0.05) is 37.3 Å². The van der Waals surface area contributed by atoms with Crippen molar-refractivity contribution in [2.24, 2.45) is 5.92 Å². The van der Waals surface area contributed by atoms with Crippen LogP contribution in [0.25, 0.3) is 0 Å². The second kappa shape index (κ2) is 6.89. The molecular weight excluding hydrogens is 397 g/mol. The first-order valence-corrected chi connectivity index (χ1v) is 9.25. The summed E-state index contributed by atoms with van der Waals surface area (Å²) in [5.41, 5.74) is -0.420. The van der Waals surface area contributed by atoms with Gasteiger partial charge in [0.25, 0.3) is 5.88 Å². The first-order valence-electron chi connectivity index (χ1n) is 9.25. The third-order valence-corrected chi connectivity index (χ3v) is 5.81. The lowest BCUT2D eigenvalue weighted by atomic mass is 9.77. The molecule has 1 aromatic carbocycles. The van der Waals surface area contributed by atoms with E-state index in [-0.39, 0.29) is 35.6 Å². The van der Waals surface area contributed by atoms with Gasteiger partial charge < -0.3 is 19.9 Å². The lowest BCUT2D eigenvalue weighted by molar-refractivity contribution is 0.261. The number of aromatic nitrogens is 2. The second-order valence-electron chi connectivity index (χ2n) is 7.48. The van der Waals surface area contributed by atoms with Crippen LogP contribution in [0.4, 0.5) is 19.1 Å². The average Bonchev–Trinajstić information content (AvgIpc) is 3.10. The van der Waals surface area contributed by atoms with E-state index in [1.54, 1.807) is 16.8 Å². The van der Waals surface area contributed by atoms with E-state index in [0.29, 0.717) is 12.2 Å². The monoisotopic (exact) mass is 418 g/mol. The van der Waals surface area contributed by atoms with E-state index in [1.165, 1.54) is 14.0 Å². The predicted molar refractivity (Wildman–Crippen MR) is 105 cm³/mol. The van der Waals surface area contributed by atoms with Crippen molar-refractivity contribution in [1.29, 1.82) is 5.41 Å². The zero-order chi connectivity index (χ0) is 21.8. The molecule has 0 unspecified atom stereocenters. The summed E-state index contributed by atoms with van der Waals surface area (Å²) in [5, 5.41) is 11.3. The van der Waals surface area contributed by atoms with Gasteiger partial charge in [0.2, 0.25) is 11.8 Å². The maximum Gasteiger partial charge on any atom is 0.255 e. The Kier molecular flexibility index (Phi) is 4.59. The van der Waals surface area contributed by atoms with Crippen molar-refractivity contribution < 1.29 is 17.9 Å². The number of ether oxygens (including phenoxy) is 1. The average molecular weight is 418 g/mol. The molecule has 7 nitrogen and oxygen atoms in total. The molecule has 2 saturated heterocycles. The van der Waals surface area contributed by atoms with Crippen molar-refractivity contribution >= 4 is 11.9 Å². The number of benzene rings is 1. The molecule has 2 fully saturated rings. The van der Waals surface area contributed by atoms with Crippen LogP contribution in [0.1, 0.15) is 11.3 Å². The molecule has 3 heterocycles. The van der Waals surface area contributed by atoms with E-state index in [0.717, 1.165) is 18.2 Å². The Morgan fingerprint density at radius 1 is 1.30 bits per heavy atom. The molecule has 2 aliphatic heterocycles. The maximum absolute atomic E-state index is 14.9. The Balaban J connectivity index is 1.85. The Hall–Kier alpha value is -3.30. The highest BCUT2D eigenvalue weighted by Gasteiger charge is 2.55. The number of hydrogen-bond donors (Lipinski definition) is 2. The van der Waals surface area contributed by atoms with Crippen LogP contribution < -0.4 is 15.0 Å². The molecule has 2 aliphatic rings. The molecule has 2 atom stereocenters. The molecule has 2 N–H and O–H groups in total. The van der Waals surface area contributed by atoms with Gasteiger partial charge in [-0.15, -0.1) is 0 Å². The molecule has 0 amide bonds. The van der Waals surface area contributed by atoms with Gasteiger partial charge in [0.05, 0.1) is 18.3 Å². The van der Waals surface area contributed by atoms with Gasteiger partial charge in [-0.3, -0.25) is 5.41 Å². The van der Waals surface area contributed by atoms with Gasteiger partial charge >= 0.3 is 0 Å². The van der Waals surface area contributed by atoms with E-state index in [4.69, 9.17) is 10.1 Å². The van der Waals surface area contributed by atoms with Crippen LogP contribution in [0.2, 0.25) is 0 Å². The Morgan fingerprint density at radius 3 is 2.73 bits per heavy atom. The van der Waals surface area contributed by atoms with Crippen LogP contribution in [0.15, 0.2) is 30.5 Å². The van der Waals surface area contributed by atoms with Gasteiger partial charge in [0.15, 0.2) is 5.96 Å². The summed E-state index contributed by atoms with van der Waals surface area (Å²) in [6, 6.07) is 3.23. The molecule has 158 valence electrons. The fraction of sp³-hybridized carbons (Fsp3) is 0.350. The quantitative estimate of drug-likeness (QED) is 0.798. The van der Waals surface area contributed by atoms with Crippen LogP contribution in [-0.4, -0.2) is 48.1 Å². The van der Waals surface area contributed by atoms with Crippen molar-refractivity contribution in [3.05, 3.63) is 59.2 Å². The lowest BCUT2D eigenvalue weighted by Gasteiger charge is -2.46. The van der Waals surface area contributed by atoms with E-state index >= 15 is 0 Å². The minimum atomic E-state index is -1.17. The summed E-state index contributed by atoms with van der Waals surface area (Å²) in [6.07, 6.45) is 0. The minimum Gasteiger partial charge on any atom is -0.479 e. The number of rotatable bonds is 3. The molecule has 0 radical (unpaired) electrons. The number of guanidine groups is 1. The maximum atomic E-state index is 14.9. The summed E-state index contributed by atoms with van der Waals surface area (Å²) in [7, 11) is 2.98. The van der Waals surface area contributed by atoms with E-state index in [9.17, 15) is 13.2 Å². The van der Waals surface area contributed by atoms with E-state index in [1.807, 2.05) is 0 Å². The Bertz CT molecular complexity index is 1060. The number of nitrogens with one attached hydrogen (secondary N) is 2. The number of hydrogen-bond acceptors (Lipinski definition) is 5. The van der Waals surface area contributed by atoms with Crippen LogP contribution in [0.3, 0.4) is 0 Å². The highest BCUT2D eigenvalue weighted by molar-refractivity contribution is 5.82. The molecule has 0 bridgehead atoms. The molecule has 0 spiro atoms. The van der Waals surface area contributed by atoms with Gasteiger partial charge in [-0.2, -0.15) is 9.37 Å². The number of aryl methyl sites for hydroxylation is 1. The first kappa shape index (κ1) is 20.0. The van der Waals surface area contributed by atoms with Crippen molar-refractivity contribution in [3.8, 4) is 5.88 Å². The standard InChI is InChI=1S/C20H21F3N6O/c1-10-16(23)17(30-4)26-19(25-10)29-8-14-11(2)28(3)18(24)27-20(14,9-29)13-7-12(21)5-6-15(13)22/h5-7,14H,2,8-9H2,1,3-4H3,(H2,24,27)/t14-,20+/m0/s1. The van der Waals surface area contributed by atoms with Crippen molar-refractivity contribution in [2.45, 2.75) is 12.5 Å². The van der Waals surface area contributed by atoms with Gasteiger partial charge in [-0.1, -0.05) is 6.58 Å².